The second-order valence-electron chi connectivity index (χ2n) is 7.06. The summed E-state index contributed by atoms with van der Waals surface area (Å²) in [5.41, 5.74) is -0.609. The molecule has 0 aliphatic heterocycles. The number of rotatable bonds is 5. The molecule has 0 spiro atoms. The highest BCUT2D eigenvalue weighted by molar-refractivity contribution is 5.94. The van der Waals surface area contributed by atoms with E-state index >= 15 is 0 Å². The summed E-state index contributed by atoms with van der Waals surface area (Å²) in [5.74, 6) is -0.197. The van der Waals surface area contributed by atoms with Gasteiger partial charge in [0, 0.05) is 24.9 Å². The Morgan fingerprint density at radius 1 is 1.03 bits per heavy atom. The smallest absolute Gasteiger partial charge is 0.414 e. The molecule has 0 aromatic heterocycles. The number of methoxy groups -OCH3 is 1. The third-order valence-electron chi connectivity index (χ3n) is 3.70. The standard InChI is InChI=1S/C20H22N2O7/c1-20(2,3)29-19(24)21(4)13-6-8-14(9-7-13)28-15-10-11-17(22(25)26)16(12-15)18(23)27-5/h6-12H,1-5H3. The summed E-state index contributed by atoms with van der Waals surface area (Å²) in [5, 5.41) is 11.1. The lowest BCUT2D eigenvalue weighted by Gasteiger charge is -2.24. The van der Waals surface area contributed by atoms with Gasteiger partial charge in [0.2, 0.25) is 0 Å². The highest BCUT2D eigenvalue weighted by Gasteiger charge is 2.22. The van der Waals surface area contributed by atoms with Gasteiger partial charge in [0.1, 0.15) is 22.7 Å². The van der Waals surface area contributed by atoms with Gasteiger partial charge in [-0.25, -0.2) is 9.59 Å². The van der Waals surface area contributed by atoms with Crippen molar-refractivity contribution in [2.24, 2.45) is 0 Å². The van der Waals surface area contributed by atoms with Crippen molar-refractivity contribution in [3.05, 3.63) is 58.1 Å². The molecule has 2 aromatic carbocycles. The van der Waals surface area contributed by atoms with E-state index in [4.69, 9.17) is 9.47 Å². The van der Waals surface area contributed by atoms with Gasteiger partial charge < -0.3 is 14.2 Å². The van der Waals surface area contributed by atoms with Crippen molar-refractivity contribution >= 4 is 23.4 Å². The van der Waals surface area contributed by atoms with Gasteiger partial charge in [-0.05, 0) is 51.1 Å². The Morgan fingerprint density at radius 2 is 1.62 bits per heavy atom. The number of nitro groups is 1. The SMILES string of the molecule is COC(=O)c1cc(Oc2ccc(N(C)C(=O)OC(C)(C)C)cc2)ccc1[N+](=O)[O-]. The van der Waals surface area contributed by atoms with E-state index in [0.717, 1.165) is 7.11 Å². The lowest BCUT2D eigenvalue weighted by atomic mass is 10.1. The minimum Gasteiger partial charge on any atom is -0.465 e. The average molecular weight is 402 g/mol. The molecule has 1 amide bonds. The summed E-state index contributed by atoms with van der Waals surface area (Å²) in [6, 6.07) is 10.4. The van der Waals surface area contributed by atoms with Crippen LogP contribution in [-0.2, 0) is 9.47 Å². The number of carbonyl (C=O) groups is 2. The third-order valence-corrected chi connectivity index (χ3v) is 3.70. The molecule has 0 heterocycles. The molecule has 2 rings (SSSR count). The van der Waals surface area contributed by atoms with E-state index in [-0.39, 0.29) is 17.0 Å². The van der Waals surface area contributed by atoms with Gasteiger partial charge in [-0.1, -0.05) is 0 Å². The number of esters is 1. The normalized spacial score (nSPS) is 10.8. The molecule has 2 aromatic rings. The minimum absolute atomic E-state index is 0.212. The van der Waals surface area contributed by atoms with Crippen LogP contribution >= 0.6 is 0 Å². The molecule has 0 bridgehead atoms. The van der Waals surface area contributed by atoms with Gasteiger partial charge in [0.25, 0.3) is 5.69 Å². The van der Waals surface area contributed by atoms with Gasteiger partial charge in [0.15, 0.2) is 0 Å². The van der Waals surface area contributed by atoms with Gasteiger partial charge >= 0.3 is 12.1 Å². The molecule has 29 heavy (non-hydrogen) atoms. The number of anilines is 1. The molecule has 0 radical (unpaired) electrons. The van der Waals surface area contributed by atoms with Crippen molar-refractivity contribution in [2.75, 3.05) is 19.1 Å². The first kappa shape index (κ1) is 21.7. The first-order chi connectivity index (χ1) is 13.5. The molecule has 9 nitrogen and oxygen atoms in total. The maximum Gasteiger partial charge on any atom is 0.414 e. The molecule has 0 saturated heterocycles. The largest absolute Gasteiger partial charge is 0.465 e. The molecular weight excluding hydrogens is 380 g/mol. The van der Waals surface area contributed by atoms with Crippen molar-refractivity contribution in [3.8, 4) is 11.5 Å². The van der Waals surface area contributed by atoms with Crippen LogP contribution < -0.4 is 9.64 Å². The molecule has 0 unspecified atom stereocenters. The van der Waals surface area contributed by atoms with Crippen LogP contribution in [0.15, 0.2) is 42.5 Å². The molecular formula is C20H22N2O7. The van der Waals surface area contributed by atoms with Crippen LogP contribution in [-0.4, -0.2) is 36.7 Å². The van der Waals surface area contributed by atoms with E-state index in [1.54, 1.807) is 52.1 Å². The highest BCUT2D eigenvalue weighted by Crippen LogP contribution is 2.29. The lowest BCUT2D eigenvalue weighted by Crippen LogP contribution is -2.34. The lowest BCUT2D eigenvalue weighted by molar-refractivity contribution is -0.385. The van der Waals surface area contributed by atoms with Crippen LogP contribution in [0.4, 0.5) is 16.2 Å². The Bertz CT molecular complexity index is 917. The van der Waals surface area contributed by atoms with Crippen molar-refractivity contribution in [2.45, 2.75) is 26.4 Å². The van der Waals surface area contributed by atoms with Crippen LogP contribution in [0.5, 0.6) is 11.5 Å². The molecule has 0 fully saturated rings. The van der Waals surface area contributed by atoms with Crippen molar-refractivity contribution in [1.29, 1.82) is 0 Å². The van der Waals surface area contributed by atoms with E-state index in [2.05, 4.69) is 4.74 Å². The molecule has 0 aliphatic carbocycles. The topological polar surface area (TPSA) is 108 Å². The Kier molecular flexibility index (Phi) is 6.42. The first-order valence-corrected chi connectivity index (χ1v) is 8.63. The second kappa shape index (κ2) is 8.59. The zero-order valence-corrected chi connectivity index (χ0v) is 16.8. The fraction of sp³-hybridized carbons (Fsp3) is 0.300. The number of benzene rings is 2. The molecule has 9 heteroatoms. The number of carbonyl (C=O) groups excluding carboxylic acids is 2. The van der Waals surface area contributed by atoms with E-state index in [0.29, 0.717) is 11.4 Å². The number of ether oxygens (including phenoxy) is 3. The first-order valence-electron chi connectivity index (χ1n) is 8.63. The maximum atomic E-state index is 12.1. The maximum absolute atomic E-state index is 12.1. The summed E-state index contributed by atoms with van der Waals surface area (Å²) in [6.07, 6.45) is -0.496. The Labute approximate surface area is 167 Å². The summed E-state index contributed by atoms with van der Waals surface area (Å²) in [4.78, 5) is 35.7. The predicted octanol–water partition coefficient (Wildman–Crippen LogP) is 4.55. The molecule has 0 saturated carbocycles. The zero-order chi connectivity index (χ0) is 21.8. The summed E-state index contributed by atoms with van der Waals surface area (Å²) >= 11 is 0. The zero-order valence-electron chi connectivity index (χ0n) is 16.8. The molecule has 0 atom stereocenters. The minimum atomic E-state index is -0.837. The second-order valence-corrected chi connectivity index (χ2v) is 7.06. The Hall–Kier alpha value is -3.62. The monoisotopic (exact) mass is 402 g/mol. The quantitative estimate of drug-likeness (QED) is 0.410. The van der Waals surface area contributed by atoms with Crippen molar-refractivity contribution < 1.29 is 28.7 Å². The number of hydrogen-bond donors (Lipinski definition) is 0. The van der Waals surface area contributed by atoms with Crippen LogP contribution in [0.3, 0.4) is 0 Å². The van der Waals surface area contributed by atoms with Gasteiger partial charge in [-0.2, -0.15) is 0 Å². The van der Waals surface area contributed by atoms with Crippen LogP contribution in [0.2, 0.25) is 0 Å². The number of hydrogen-bond acceptors (Lipinski definition) is 7. The Balaban J connectivity index is 2.18. The van der Waals surface area contributed by atoms with E-state index in [1.165, 1.54) is 23.1 Å². The van der Waals surface area contributed by atoms with E-state index in [1.807, 2.05) is 0 Å². The van der Waals surface area contributed by atoms with E-state index < -0.39 is 22.6 Å². The fourth-order valence-electron chi connectivity index (χ4n) is 2.32. The fourth-order valence-corrected chi connectivity index (χ4v) is 2.32. The number of amides is 1. The van der Waals surface area contributed by atoms with Crippen LogP contribution in [0, 0.1) is 10.1 Å². The molecule has 154 valence electrons. The predicted molar refractivity (Wildman–Crippen MR) is 106 cm³/mol. The number of nitro benzene ring substituents is 1. The Morgan fingerprint density at radius 3 is 2.14 bits per heavy atom. The molecule has 0 aliphatic rings. The van der Waals surface area contributed by atoms with Gasteiger partial charge in [-0.15, -0.1) is 0 Å². The highest BCUT2D eigenvalue weighted by atomic mass is 16.6. The van der Waals surface area contributed by atoms with Gasteiger partial charge in [-0.3, -0.25) is 15.0 Å². The van der Waals surface area contributed by atoms with Crippen molar-refractivity contribution in [1.82, 2.24) is 0 Å². The van der Waals surface area contributed by atoms with Crippen LogP contribution in [0.25, 0.3) is 0 Å². The van der Waals surface area contributed by atoms with Gasteiger partial charge in [0.05, 0.1) is 12.0 Å². The van der Waals surface area contributed by atoms with E-state index in [9.17, 15) is 19.7 Å². The van der Waals surface area contributed by atoms with Crippen molar-refractivity contribution in [3.63, 3.8) is 0 Å². The summed E-state index contributed by atoms with van der Waals surface area (Å²) in [7, 11) is 2.72. The number of nitrogens with zero attached hydrogens (tertiary/aromatic N) is 2. The molecule has 0 N–H and O–H groups in total. The summed E-state index contributed by atoms with van der Waals surface area (Å²) in [6.45, 7) is 5.34. The van der Waals surface area contributed by atoms with Crippen LogP contribution in [0.1, 0.15) is 31.1 Å². The average Bonchev–Trinajstić information content (AvgIpc) is 2.65. The summed E-state index contributed by atoms with van der Waals surface area (Å²) < 4.78 is 15.6. The third kappa shape index (κ3) is 5.68.